The van der Waals surface area contributed by atoms with Gasteiger partial charge in [-0.25, -0.2) is 0 Å². The summed E-state index contributed by atoms with van der Waals surface area (Å²) in [7, 11) is 0. The standard InChI is InChI=1S/C5H11.Al.2ClH.2H/c1-4-5(2)3;;;;;/h5H,1,4H2,2-3H3;;2*1H;;. The Morgan fingerprint density at radius 3 is 1.62 bits per heavy atom. The second-order valence-corrected chi connectivity index (χ2v) is 3.18. The maximum absolute atomic E-state index is 2.28. The predicted molar refractivity (Wildman–Crippen MR) is 47.3 cm³/mol. The summed E-state index contributed by atoms with van der Waals surface area (Å²) in [6.45, 7) is 4.55. The summed E-state index contributed by atoms with van der Waals surface area (Å²) in [5.41, 5.74) is 0. The van der Waals surface area contributed by atoms with Crippen molar-refractivity contribution in [3.05, 3.63) is 0 Å². The van der Waals surface area contributed by atoms with Crippen LogP contribution in [0.1, 0.15) is 20.3 Å². The fourth-order valence-corrected chi connectivity index (χ4v) is 1.73. The Bertz CT molecular complexity index is 31.6. The van der Waals surface area contributed by atoms with E-state index in [0.29, 0.717) is 0 Å². The summed E-state index contributed by atoms with van der Waals surface area (Å²) in [5, 5.41) is 1.47. The lowest BCUT2D eigenvalue weighted by molar-refractivity contribution is 0.626. The molecule has 0 aliphatic carbocycles. The molecule has 0 saturated heterocycles. The van der Waals surface area contributed by atoms with Crippen LogP contribution in [0.25, 0.3) is 0 Å². The first-order valence-corrected chi connectivity index (χ1v) is 4.18. The average molecular weight is 173 g/mol. The monoisotopic (exact) mass is 172 g/mol. The molecule has 8 heavy (non-hydrogen) atoms. The van der Waals surface area contributed by atoms with Crippen molar-refractivity contribution in [2.45, 2.75) is 25.6 Å². The Kier molecular flexibility index (Phi) is 22.0. The summed E-state index contributed by atoms with van der Waals surface area (Å²) in [6, 6.07) is 0. The van der Waals surface area contributed by atoms with Crippen molar-refractivity contribution >= 4 is 41.1 Å². The molecule has 0 saturated carbocycles. The largest absolute Gasteiger partial charge is 0.211 e. The van der Waals surface area contributed by atoms with E-state index < -0.39 is 0 Å². The third-order valence-corrected chi connectivity index (χ3v) is 1.44. The topological polar surface area (TPSA) is 0 Å². The zero-order chi connectivity index (χ0) is 4.99. The molecule has 0 rings (SSSR count). The van der Waals surface area contributed by atoms with E-state index in [1.54, 1.807) is 0 Å². The highest BCUT2D eigenvalue weighted by Crippen LogP contribution is 1.99. The molecule has 3 heteroatoms. The zero-order valence-corrected chi connectivity index (χ0v) is 9.44. The van der Waals surface area contributed by atoms with Gasteiger partial charge in [-0.1, -0.05) is 20.3 Å². The van der Waals surface area contributed by atoms with E-state index >= 15 is 0 Å². The lowest BCUT2D eigenvalue weighted by Crippen LogP contribution is -1.83. The molecule has 0 aromatic heterocycles. The molecule has 0 spiro atoms. The lowest BCUT2D eigenvalue weighted by Gasteiger charge is -1.95. The Morgan fingerprint density at radius 2 is 1.62 bits per heavy atom. The van der Waals surface area contributed by atoms with Gasteiger partial charge in [0.15, 0.2) is 0 Å². The van der Waals surface area contributed by atoms with Crippen LogP contribution >= 0.6 is 24.8 Å². The van der Waals surface area contributed by atoms with E-state index in [-0.39, 0.29) is 24.8 Å². The number of halogens is 2. The molecule has 52 valence electrons. The first-order chi connectivity index (χ1) is 2.77. The van der Waals surface area contributed by atoms with Gasteiger partial charge in [-0.05, 0) is 5.92 Å². The van der Waals surface area contributed by atoms with E-state index in [1.807, 2.05) is 0 Å². The van der Waals surface area contributed by atoms with Gasteiger partial charge in [0, 0.05) is 0 Å². The van der Waals surface area contributed by atoms with Gasteiger partial charge in [-0.15, -0.1) is 30.1 Å². The van der Waals surface area contributed by atoms with Crippen LogP contribution in [0.3, 0.4) is 0 Å². The van der Waals surface area contributed by atoms with Crippen LogP contribution in [0.15, 0.2) is 0 Å². The molecular weight excluding hydrogens is 158 g/mol. The summed E-state index contributed by atoms with van der Waals surface area (Å²) in [5.74, 6) is 0.933. The van der Waals surface area contributed by atoms with Gasteiger partial charge in [-0.2, -0.15) is 0 Å². The van der Waals surface area contributed by atoms with Gasteiger partial charge in [0.05, 0.1) is 0 Å². The van der Waals surface area contributed by atoms with Crippen molar-refractivity contribution in [2.75, 3.05) is 0 Å². The number of rotatable bonds is 2. The molecule has 0 unspecified atom stereocenters. The molecule has 0 heterocycles. The van der Waals surface area contributed by atoms with Crippen LogP contribution in [0.4, 0.5) is 0 Å². The zero-order valence-electron chi connectivity index (χ0n) is 5.81. The van der Waals surface area contributed by atoms with E-state index in [2.05, 4.69) is 13.8 Å². The van der Waals surface area contributed by atoms with Gasteiger partial charge in [0.2, 0.25) is 16.3 Å². The minimum absolute atomic E-state index is 0. The van der Waals surface area contributed by atoms with Gasteiger partial charge >= 0.3 is 0 Å². The van der Waals surface area contributed by atoms with Gasteiger partial charge in [-0.3, -0.25) is 0 Å². The molecule has 0 atom stereocenters. The van der Waals surface area contributed by atoms with Crippen molar-refractivity contribution in [3.8, 4) is 0 Å². The fraction of sp³-hybridized carbons (Fsp3) is 1.00. The van der Waals surface area contributed by atoms with Crippen molar-refractivity contribution < 1.29 is 0 Å². The molecule has 0 fully saturated rings. The van der Waals surface area contributed by atoms with E-state index in [1.165, 1.54) is 28.0 Å². The smallest absolute Gasteiger partial charge is 0.147 e. The molecule has 0 nitrogen and oxygen atoms in total. The normalized spacial score (nSPS) is 7.38. The summed E-state index contributed by atoms with van der Waals surface area (Å²) >= 11 is 1.39. The molecular formula is C5H15AlCl2. The third kappa shape index (κ3) is 15.7. The second-order valence-electron chi connectivity index (χ2n) is 2.18. The fourth-order valence-electron chi connectivity index (χ4n) is 0.577. The van der Waals surface area contributed by atoms with Gasteiger partial charge in [0.25, 0.3) is 0 Å². The third-order valence-electron chi connectivity index (χ3n) is 0.866. The van der Waals surface area contributed by atoms with Gasteiger partial charge < -0.3 is 0 Å². The van der Waals surface area contributed by atoms with Crippen molar-refractivity contribution in [1.82, 2.24) is 0 Å². The average Bonchev–Trinajstić information content (AvgIpc) is 1.35. The molecule has 0 radical (unpaired) electrons. The minimum atomic E-state index is 0. The molecule has 0 amide bonds. The Labute approximate surface area is 72.7 Å². The van der Waals surface area contributed by atoms with E-state index in [9.17, 15) is 0 Å². The highest BCUT2D eigenvalue weighted by atomic mass is 35.5. The van der Waals surface area contributed by atoms with Crippen LogP contribution in [-0.4, -0.2) is 16.3 Å². The SMILES string of the molecule is CC(C)C[CH2][AlH2].Cl.Cl. The molecule has 0 aromatic carbocycles. The van der Waals surface area contributed by atoms with Crippen molar-refractivity contribution in [3.63, 3.8) is 0 Å². The summed E-state index contributed by atoms with van der Waals surface area (Å²) < 4.78 is 0. The number of hydrogen-bond acceptors (Lipinski definition) is 0. The second kappa shape index (κ2) is 11.0. The van der Waals surface area contributed by atoms with Crippen molar-refractivity contribution in [2.24, 2.45) is 5.92 Å². The Balaban J connectivity index is -0.000000125. The highest BCUT2D eigenvalue weighted by Gasteiger charge is 1.85. The summed E-state index contributed by atoms with van der Waals surface area (Å²) in [4.78, 5) is 0. The van der Waals surface area contributed by atoms with Gasteiger partial charge in [0.1, 0.15) is 0 Å². The Morgan fingerprint density at radius 1 is 1.25 bits per heavy atom. The number of hydrogen-bond donors (Lipinski definition) is 0. The van der Waals surface area contributed by atoms with Crippen LogP contribution in [-0.2, 0) is 0 Å². The Hall–Kier alpha value is 1.11. The maximum Gasteiger partial charge on any atom is 0.211 e. The molecule has 0 aromatic rings. The highest BCUT2D eigenvalue weighted by molar-refractivity contribution is 6.08. The first-order valence-electron chi connectivity index (χ1n) is 2.77. The molecule has 0 aliphatic heterocycles. The molecule has 0 N–H and O–H groups in total. The van der Waals surface area contributed by atoms with Crippen LogP contribution < -0.4 is 0 Å². The van der Waals surface area contributed by atoms with E-state index in [4.69, 9.17) is 0 Å². The minimum Gasteiger partial charge on any atom is -0.147 e. The van der Waals surface area contributed by atoms with E-state index in [0.717, 1.165) is 5.92 Å². The van der Waals surface area contributed by atoms with Crippen LogP contribution in [0.5, 0.6) is 0 Å². The van der Waals surface area contributed by atoms with Crippen LogP contribution in [0, 0.1) is 5.92 Å². The lowest BCUT2D eigenvalue weighted by atomic mass is 10.2. The quantitative estimate of drug-likeness (QED) is 0.559. The maximum atomic E-state index is 2.28. The van der Waals surface area contributed by atoms with Crippen molar-refractivity contribution in [1.29, 1.82) is 0 Å². The summed E-state index contributed by atoms with van der Waals surface area (Å²) in [6.07, 6.45) is 1.44. The molecule has 0 aliphatic rings. The molecule has 0 bridgehead atoms. The first kappa shape index (κ1) is 16.1. The van der Waals surface area contributed by atoms with Crippen LogP contribution in [0.2, 0.25) is 5.28 Å². The predicted octanol–water partition coefficient (Wildman–Crippen LogP) is 1.93.